The molecular formula is C15H24N2OS. The summed E-state index contributed by atoms with van der Waals surface area (Å²) in [4.78, 5) is 19.4. The second kappa shape index (κ2) is 6.14. The van der Waals surface area contributed by atoms with Gasteiger partial charge < -0.3 is 0 Å². The maximum absolute atomic E-state index is 12.8. The zero-order valence-electron chi connectivity index (χ0n) is 12.2. The van der Waals surface area contributed by atoms with Gasteiger partial charge in [-0.15, -0.1) is 11.3 Å². The highest BCUT2D eigenvalue weighted by Crippen LogP contribution is 2.33. The molecule has 0 aliphatic heterocycles. The predicted octanol–water partition coefficient (Wildman–Crippen LogP) is 3.22. The highest BCUT2D eigenvalue weighted by Gasteiger charge is 2.40. The van der Waals surface area contributed by atoms with Crippen LogP contribution in [0.4, 0.5) is 0 Å². The van der Waals surface area contributed by atoms with Gasteiger partial charge in [0.05, 0.1) is 12.0 Å². The van der Waals surface area contributed by atoms with Crippen molar-refractivity contribution < 1.29 is 4.79 Å². The molecule has 19 heavy (non-hydrogen) atoms. The molecule has 1 aliphatic rings. The van der Waals surface area contributed by atoms with E-state index >= 15 is 0 Å². The average molecular weight is 280 g/mol. The molecule has 2 rings (SSSR count). The Morgan fingerprint density at radius 3 is 2.42 bits per heavy atom. The molecule has 0 N–H and O–H groups in total. The maximum atomic E-state index is 12.8. The molecular weight excluding hydrogens is 256 g/mol. The second-order valence-corrected chi connectivity index (χ2v) is 6.77. The van der Waals surface area contributed by atoms with E-state index in [1.165, 1.54) is 25.7 Å². The van der Waals surface area contributed by atoms with Gasteiger partial charge in [0.25, 0.3) is 0 Å². The minimum absolute atomic E-state index is 0.254. The number of carbonyl (C=O) groups excluding carboxylic acids is 1. The van der Waals surface area contributed by atoms with Crippen molar-refractivity contribution in [2.24, 2.45) is 0 Å². The molecule has 0 aromatic carbocycles. The number of aromatic nitrogens is 1. The zero-order valence-corrected chi connectivity index (χ0v) is 13.1. The number of nitrogens with zero attached hydrogens (tertiary/aromatic N) is 2. The standard InChI is InChI=1S/C15H24N2OS/c1-12-11-19-14(16-12)10-13(18)15(17(2)3)8-6-4-5-7-9-15/h11H,4-10H2,1-3H3. The molecule has 1 fully saturated rings. The fourth-order valence-electron chi connectivity index (χ4n) is 3.07. The Balaban J connectivity index is 2.15. The van der Waals surface area contributed by atoms with Crippen LogP contribution in [0.15, 0.2) is 5.38 Å². The zero-order chi connectivity index (χ0) is 13.9. The summed E-state index contributed by atoms with van der Waals surface area (Å²) in [7, 11) is 4.10. The van der Waals surface area contributed by atoms with Crippen LogP contribution in [0.2, 0.25) is 0 Å². The van der Waals surface area contributed by atoms with Crippen molar-refractivity contribution in [2.45, 2.75) is 57.4 Å². The van der Waals surface area contributed by atoms with Gasteiger partial charge in [-0.05, 0) is 33.9 Å². The van der Waals surface area contributed by atoms with Crippen molar-refractivity contribution in [3.63, 3.8) is 0 Å². The quantitative estimate of drug-likeness (QED) is 0.794. The summed E-state index contributed by atoms with van der Waals surface area (Å²) in [5.41, 5.74) is 0.767. The average Bonchev–Trinajstić information content (AvgIpc) is 2.65. The van der Waals surface area contributed by atoms with Crippen LogP contribution in [0, 0.1) is 6.92 Å². The first-order valence-electron chi connectivity index (χ1n) is 7.16. The Morgan fingerprint density at radius 2 is 1.95 bits per heavy atom. The van der Waals surface area contributed by atoms with E-state index in [2.05, 4.69) is 24.0 Å². The molecule has 4 heteroatoms. The second-order valence-electron chi connectivity index (χ2n) is 5.82. The Morgan fingerprint density at radius 1 is 1.32 bits per heavy atom. The van der Waals surface area contributed by atoms with Crippen molar-refractivity contribution in [2.75, 3.05) is 14.1 Å². The predicted molar refractivity (Wildman–Crippen MR) is 79.7 cm³/mol. The van der Waals surface area contributed by atoms with E-state index in [1.807, 2.05) is 12.3 Å². The molecule has 0 bridgehead atoms. The van der Waals surface area contributed by atoms with Crippen molar-refractivity contribution in [3.05, 3.63) is 16.1 Å². The molecule has 1 aliphatic carbocycles. The van der Waals surface area contributed by atoms with Crippen molar-refractivity contribution in [3.8, 4) is 0 Å². The lowest BCUT2D eigenvalue weighted by molar-refractivity contribution is -0.130. The lowest BCUT2D eigenvalue weighted by Crippen LogP contribution is -2.51. The van der Waals surface area contributed by atoms with Gasteiger partial charge in [0.1, 0.15) is 5.01 Å². The molecule has 0 saturated heterocycles. The summed E-state index contributed by atoms with van der Waals surface area (Å²) >= 11 is 1.61. The Kier molecular flexibility index (Phi) is 4.74. The van der Waals surface area contributed by atoms with E-state index in [4.69, 9.17) is 0 Å². The molecule has 1 aromatic rings. The first kappa shape index (κ1) is 14.7. The molecule has 1 heterocycles. The van der Waals surface area contributed by atoms with Gasteiger partial charge in [-0.2, -0.15) is 0 Å². The fraction of sp³-hybridized carbons (Fsp3) is 0.733. The SMILES string of the molecule is Cc1csc(CC(=O)C2(N(C)C)CCCCCC2)n1. The van der Waals surface area contributed by atoms with Gasteiger partial charge in [0, 0.05) is 11.1 Å². The summed E-state index contributed by atoms with van der Waals surface area (Å²) in [5, 5.41) is 2.99. The van der Waals surface area contributed by atoms with Gasteiger partial charge in [0.2, 0.25) is 0 Å². The van der Waals surface area contributed by atoms with Crippen molar-refractivity contribution >= 4 is 17.1 Å². The fourth-order valence-corrected chi connectivity index (χ4v) is 3.85. The number of likely N-dealkylation sites (N-methyl/N-ethyl adjacent to an activating group) is 1. The molecule has 0 unspecified atom stereocenters. The number of ketones is 1. The number of thiazole rings is 1. The first-order valence-corrected chi connectivity index (χ1v) is 8.04. The van der Waals surface area contributed by atoms with Crippen LogP contribution < -0.4 is 0 Å². The van der Waals surface area contributed by atoms with Gasteiger partial charge >= 0.3 is 0 Å². The maximum Gasteiger partial charge on any atom is 0.159 e. The number of Topliss-reactive ketones (excluding diaryl/α,β-unsaturated/α-hetero) is 1. The number of carbonyl (C=O) groups is 1. The van der Waals surface area contributed by atoms with Crippen LogP contribution in [0.3, 0.4) is 0 Å². The smallest absolute Gasteiger partial charge is 0.159 e. The molecule has 3 nitrogen and oxygen atoms in total. The third-order valence-corrected chi connectivity index (χ3v) is 5.25. The molecule has 0 spiro atoms. The summed E-state index contributed by atoms with van der Waals surface area (Å²) in [6.07, 6.45) is 7.36. The normalized spacial score (nSPS) is 19.4. The largest absolute Gasteiger partial charge is 0.297 e. The number of aryl methyl sites for hydroxylation is 1. The molecule has 0 atom stereocenters. The van der Waals surface area contributed by atoms with Crippen LogP contribution in [-0.2, 0) is 11.2 Å². The van der Waals surface area contributed by atoms with Crippen LogP contribution in [-0.4, -0.2) is 35.3 Å². The minimum atomic E-state index is -0.254. The lowest BCUT2D eigenvalue weighted by Gasteiger charge is -2.38. The van der Waals surface area contributed by atoms with E-state index < -0.39 is 0 Å². The van der Waals surface area contributed by atoms with Gasteiger partial charge in [-0.25, -0.2) is 4.98 Å². The molecule has 106 valence electrons. The van der Waals surface area contributed by atoms with Crippen LogP contribution >= 0.6 is 11.3 Å². The lowest BCUT2D eigenvalue weighted by atomic mass is 9.83. The molecule has 1 saturated carbocycles. The summed E-state index contributed by atoms with van der Waals surface area (Å²) in [6, 6.07) is 0. The highest BCUT2D eigenvalue weighted by atomic mass is 32.1. The summed E-state index contributed by atoms with van der Waals surface area (Å²) < 4.78 is 0. The van der Waals surface area contributed by atoms with E-state index in [0.29, 0.717) is 12.2 Å². The molecule has 1 aromatic heterocycles. The third-order valence-electron chi connectivity index (χ3n) is 4.28. The van der Waals surface area contributed by atoms with E-state index in [9.17, 15) is 4.79 Å². The highest BCUT2D eigenvalue weighted by molar-refractivity contribution is 7.09. The monoisotopic (exact) mass is 280 g/mol. The van der Waals surface area contributed by atoms with Gasteiger partial charge in [-0.1, -0.05) is 25.7 Å². The van der Waals surface area contributed by atoms with Crippen molar-refractivity contribution in [1.82, 2.24) is 9.88 Å². The summed E-state index contributed by atoms with van der Waals surface area (Å²) in [5.74, 6) is 0.355. The van der Waals surface area contributed by atoms with E-state index in [0.717, 1.165) is 23.5 Å². The van der Waals surface area contributed by atoms with Gasteiger partial charge in [0.15, 0.2) is 5.78 Å². The molecule has 0 radical (unpaired) electrons. The first-order chi connectivity index (χ1) is 9.04. The molecule has 0 amide bonds. The van der Waals surface area contributed by atoms with Crippen LogP contribution in [0.25, 0.3) is 0 Å². The minimum Gasteiger partial charge on any atom is -0.297 e. The number of rotatable bonds is 4. The van der Waals surface area contributed by atoms with Crippen LogP contribution in [0.1, 0.15) is 49.2 Å². The topological polar surface area (TPSA) is 33.2 Å². The van der Waals surface area contributed by atoms with Crippen molar-refractivity contribution in [1.29, 1.82) is 0 Å². The third kappa shape index (κ3) is 3.23. The van der Waals surface area contributed by atoms with Crippen LogP contribution in [0.5, 0.6) is 0 Å². The number of hydrogen-bond donors (Lipinski definition) is 0. The van der Waals surface area contributed by atoms with E-state index in [-0.39, 0.29) is 5.54 Å². The summed E-state index contributed by atoms with van der Waals surface area (Å²) in [6.45, 7) is 1.98. The van der Waals surface area contributed by atoms with E-state index in [1.54, 1.807) is 11.3 Å². The number of hydrogen-bond acceptors (Lipinski definition) is 4. The Hall–Kier alpha value is -0.740. The Bertz CT molecular complexity index is 431. The van der Waals surface area contributed by atoms with Gasteiger partial charge in [-0.3, -0.25) is 9.69 Å². The Labute approximate surface area is 120 Å².